The average Bonchev–Trinajstić information content (AvgIpc) is 2.36. The van der Waals surface area contributed by atoms with Gasteiger partial charge in [0.25, 0.3) is 0 Å². The van der Waals surface area contributed by atoms with E-state index in [2.05, 4.69) is 11.8 Å². The molecule has 4 aliphatic carbocycles. The second kappa shape index (κ2) is 5.08. The summed E-state index contributed by atoms with van der Waals surface area (Å²) in [5.41, 5.74) is 5.94. The molecule has 0 spiro atoms. The number of nitrogens with two attached hydrogens (primary N) is 1. The predicted octanol–water partition coefficient (Wildman–Crippen LogP) is 2.40. The lowest BCUT2D eigenvalue weighted by molar-refractivity contribution is -0.141. The van der Waals surface area contributed by atoms with Crippen LogP contribution in [0.5, 0.6) is 0 Å². The van der Waals surface area contributed by atoms with Gasteiger partial charge in [-0.1, -0.05) is 6.92 Å². The van der Waals surface area contributed by atoms with Gasteiger partial charge >= 0.3 is 0 Å². The third-order valence-corrected chi connectivity index (χ3v) is 5.98. The van der Waals surface area contributed by atoms with Gasteiger partial charge in [-0.3, -0.25) is 4.79 Å². The van der Waals surface area contributed by atoms with Crippen molar-refractivity contribution < 1.29 is 4.79 Å². The van der Waals surface area contributed by atoms with Gasteiger partial charge in [0.1, 0.15) is 0 Å². The van der Waals surface area contributed by atoms with E-state index in [0.29, 0.717) is 12.5 Å². The molecule has 3 nitrogen and oxygen atoms in total. The molecule has 1 amide bonds. The van der Waals surface area contributed by atoms with Crippen LogP contribution in [0.1, 0.15) is 51.9 Å². The van der Waals surface area contributed by atoms with Crippen LogP contribution < -0.4 is 5.73 Å². The SMILES string of the molecule is CCC(N)CC(=O)N(C)C1C2CC3CC(C2)CC1C3. The highest BCUT2D eigenvalue weighted by Crippen LogP contribution is 2.54. The summed E-state index contributed by atoms with van der Waals surface area (Å²) in [5, 5.41) is 0. The van der Waals surface area contributed by atoms with Crippen LogP contribution in [0.15, 0.2) is 0 Å². The minimum absolute atomic E-state index is 0.0341. The van der Waals surface area contributed by atoms with Crippen LogP contribution in [0.3, 0.4) is 0 Å². The van der Waals surface area contributed by atoms with E-state index >= 15 is 0 Å². The Morgan fingerprint density at radius 2 is 1.68 bits per heavy atom. The van der Waals surface area contributed by atoms with Gasteiger partial charge in [0.15, 0.2) is 0 Å². The van der Waals surface area contributed by atoms with Crippen molar-refractivity contribution >= 4 is 5.91 Å². The van der Waals surface area contributed by atoms with Crippen LogP contribution in [0.25, 0.3) is 0 Å². The summed E-state index contributed by atoms with van der Waals surface area (Å²) in [5.74, 6) is 3.78. The van der Waals surface area contributed by atoms with Gasteiger partial charge < -0.3 is 10.6 Å². The normalized spacial score (nSPS) is 41.3. The molecule has 108 valence electrons. The van der Waals surface area contributed by atoms with Crippen LogP contribution in [0, 0.1) is 23.7 Å². The van der Waals surface area contributed by atoms with Crippen molar-refractivity contribution in [2.45, 2.75) is 64.0 Å². The largest absolute Gasteiger partial charge is 0.342 e. The molecule has 0 aromatic carbocycles. The first-order chi connectivity index (χ1) is 9.08. The first-order valence-electron chi connectivity index (χ1n) is 8.09. The molecule has 0 heterocycles. The molecule has 4 aliphatic rings. The van der Waals surface area contributed by atoms with E-state index in [1.807, 2.05) is 7.05 Å². The van der Waals surface area contributed by atoms with Gasteiger partial charge in [0.05, 0.1) is 0 Å². The van der Waals surface area contributed by atoms with E-state index in [9.17, 15) is 4.79 Å². The fourth-order valence-electron chi connectivity index (χ4n) is 5.21. The molecular formula is C16H28N2O. The quantitative estimate of drug-likeness (QED) is 0.847. The lowest BCUT2D eigenvalue weighted by Crippen LogP contribution is -2.56. The van der Waals surface area contributed by atoms with Crippen LogP contribution in [-0.2, 0) is 4.79 Å². The van der Waals surface area contributed by atoms with Crippen molar-refractivity contribution in [2.24, 2.45) is 29.4 Å². The second-order valence-electron chi connectivity index (χ2n) is 7.30. The molecule has 4 rings (SSSR count). The zero-order valence-corrected chi connectivity index (χ0v) is 12.3. The summed E-state index contributed by atoms with van der Waals surface area (Å²) >= 11 is 0. The fraction of sp³-hybridized carbons (Fsp3) is 0.938. The summed E-state index contributed by atoms with van der Waals surface area (Å²) in [4.78, 5) is 14.5. The number of nitrogens with zero attached hydrogens (tertiary/aromatic N) is 1. The number of hydrogen-bond donors (Lipinski definition) is 1. The Morgan fingerprint density at radius 1 is 1.16 bits per heavy atom. The third kappa shape index (κ3) is 2.42. The Hall–Kier alpha value is -0.570. The highest BCUT2D eigenvalue weighted by atomic mass is 16.2. The lowest BCUT2D eigenvalue weighted by atomic mass is 9.54. The van der Waals surface area contributed by atoms with Gasteiger partial charge in [-0.15, -0.1) is 0 Å². The maximum absolute atomic E-state index is 12.4. The Kier molecular flexibility index (Phi) is 3.59. The summed E-state index contributed by atoms with van der Waals surface area (Å²) in [6, 6.07) is 0.552. The van der Waals surface area contributed by atoms with Gasteiger partial charge in [-0.25, -0.2) is 0 Å². The molecule has 0 aliphatic heterocycles. The molecule has 2 N–H and O–H groups in total. The summed E-state index contributed by atoms with van der Waals surface area (Å²) < 4.78 is 0. The Bertz CT molecular complexity index is 327. The summed E-state index contributed by atoms with van der Waals surface area (Å²) in [6.45, 7) is 2.06. The monoisotopic (exact) mass is 264 g/mol. The molecule has 1 atom stereocenters. The topological polar surface area (TPSA) is 46.3 Å². The van der Waals surface area contributed by atoms with Crippen LogP contribution in [0.4, 0.5) is 0 Å². The van der Waals surface area contributed by atoms with E-state index in [1.165, 1.54) is 32.1 Å². The van der Waals surface area contributed by atoms with E-state index in [1.54, 1.807) is 0 Å². The Labute approximate surface area is 116 Å². The lowest BCUT2D eigenvalue weighted by Gasteiger charge is -2.56. The van der Waals surface area contributed by atoms with E-state index in [4.69, 9.17) is 5.73 Å². The van der Waals surface area contributed by atoms with E-state index in [-0.39, 0.29) is 11.9 Å². The number of carbonyl (C=O) groups is 1. The maximum atomic E-state index is 12.4. The van der Waals surface area contributed by atoms with Gasteiger partial charge in [0.2, 0.25) is 5.91 Å². The smallest absolute Gasteiger partial charge is 0.224 e. The first-order valence-corrected chi connectivity index (χ1v) is 8.09. The molecule has 3 heteroatoms. The number of amides is 1. The van der Waals surface area contributed by atoms with Crippen molar-refractivity contribution in [3.63, 3.8) is 0 Å². The summed E-state index contributed by atoms with van der Waals surface area (Å²) in [6.07, 6.45) is 8.36. The van der Waals surface area contributed by atoms with Crippen LogP contribution in [-0.4, -0.2) is 29.9 Å². The third-order valence-electron chi connectivity index (χ3n) is 5.98. The Morgan fingerprint density at radius 3 is 2.16 bits per heavy atom. The van der Waals surface area contributed by atoms with Gasteiger partial charge in [-0.2, -0.15) is 0 Å². The average molecular weight is 264 g/mol. The summed E-state index contributed by atoms with van der Waals surface area (Å²) in [7, 11) is 2.03. The minimum Gasteiger partial charge on any atom is -0.342 e. The molecule has 0 radical (unpaired) electrons. The predicted molar refractivity (Wildman–Crippen MR) is 76.5 cm³/mol. The van der Waals surface area contributed by atoms with E-state index in [0.717, 1.165) is 30.1 Å². The van der Waals surface area contributed by atoms with Crippen LogP contribution in [0.2, 0.25) is 0 Å². The first kappa shape index (κ1) is 13.4. The zero-order valence-electron chi connectivity index (χ0n) is 12.3. The molecule has 0 aromatic heterocycles. The molecule has 4 bridgehead atoms. The molecular weight excluding hydrogens is 236 g/mol. The number of rotatable bonds is 4. The Balaban J connectivity index is 1.66. The highest BCUT2D eigenvalue weighted by Gasteiger charge is 2.50. The van der Waals surface area contributed by atoms with Crippen molar-refractivity contribution in [3.8, 4) is 0 Å². The molecule has 1 unspecified atom stereocenters. The van der Waals surface area contributed by atoms with Crippen LogP contribution >= 0.6 is 0 Å². The minimum atomic E-state index is 0.0341. The number of carbonyl (C=O) groups excluding carboxylic acids is 1. The molecule has 0 saturated heterocycles. The standard InChI is InChI=1S/C16H28N2O/c1-3-14(17)9-15(19)18(2)16-12-5-10-4-11(7-12)8-13(16)6-10/h10-14,16H,3-9,17H2,1-2H3. The molecule has 4 fully saturated rings. The van der Waals surface area contributed by atoms with Crippen molar-refractivity contribution in [3.05, 3.63) is 0 Å². The van der Waals surface area contributed by atoms with Gasteiger partial charge in [-0.05, 0) is 62.2 Å². The fourth-order valence-corrected chi connectivity index (χ4v) is 5.21. The highest BCUT2D eigenvalue weighted by molar-refractivity contribution is 5.77. The van der Waals surface area contributed by atoms with Crippen molar-refractivity contribution in [2.75, 3.05) is 7.05 Å². The van der Waals surface area contributed by atoms with Crippen molar-refractivity contribution in [1.82, 2.24) is 4.90 Å². The molecule has 0 aromatic rings. The van der Waals surface area contributed by atoms with E-state index < -0.39 is 0 Å². The maximum Gasteiger partial charge on any atom is 0.224 e. The zero-order chi connectivity index (χ0) is 13.6. The second-order valence-corrected chi connectivity index (χ2v) is 7.30. The molecule has 19 heavy (non-hydrogen) atoms. The van der Waals surface area contributed by atoms with Crippen molar-refractivity contribution in [1.29, 1.82) is 0 Å². The van der Waals surface area contributed by atoms with Gasteiger partial charge in [0, 0.05) is 25.6 Å². The molecule has 4 saturated carbocycles. The number of hydrogen-bond acceptors (Lipinski definition) is 2.